The van der Waals surface area contributed by atoms with Crippen LogP contribution in [0.25, 0.3) is 0 Å². The number of piperidine rings is 1. The molecule has 6 nitrogen and oxygen atoms in total. The lowest BCUT2D eigenvalue weighted by Crippen LogP contribution is -2.47. The summed E-state index contributed by atoms with van der Waals surface area (Å²) >= 11 is 0. The fraction of sp³-hybridized carbons (Fsp3) is 0.517. The highest BCUT2D eigenvalue weighted by Gasteiger charge is 2.42. The molecule has 2 amide bonds. The number of carbonyl (C=O) groups is 2. The SMILES string of the molecule is CCN(CC)C(=O)c1ccc(C(O)(c2ccc(C)cc2)C2CCN(C(=O)OC(C)(C)C)CC2)cc1. The van der Waals surface area contributed by atoms with Crippen LogP contribution in [0, 0.1) is 12.8 Å². The van der Waals surface area contributed by atoms with Gasteiger partial charge in [-0.15, -0.1) is 0 Å². The maximum absolute atomic E-state index is 12.8. The van der Waals surface area contributed by atoms with Crippen molar-refractivity contribution in [3.05, 3.63) is 70.8 Å². The van der Waals surface area contributed by atoms with Crippen LogP contribution < -0.4 is 0 Å². The molecular weight excluding hydrogens is 440 g/mol. The van der Waals surface area contributed by atoms with E-state index in [1.165, 1.54) is 0 Å². The maximum Gasteiger partial charge on any atom is 0.410 e. The van der Waals surface area contributed by atoms with E-state index in [4.69, 9.17) is 4.74 Å². The van der Waals surface area contributed by atoms with E-state index >= 15 is 0 Å². The van der Waals surface area contributed by atoms with Crippen molar-refractivity contribution in [3.8, 4) is 0 Å². The second-order valence-corrected chi connectivity index (χ2v) is 10.4. The lowest BCUT2D eigenvalue weighted by Gasteiger charge is -2.42. The van der Waals surface area contributed by atoms with Crippen LogP contribution in [-0.2, 0) is 10.3 Å². The zero-order valence-electron chi connectivity index (χ0n) is 22.0. The Morgan fingerprint density at radius 3 is 1.89 bits per heavy atom. The number of ether oxygens (including phenoxy) is 1. The van der Waals surface area contributed by atoms with Gasteiger partial charge in [0.25, 0.3) is 5.91 Å². The first-order valence-corrected chi connectivity index (χ1v) is 12.7. The standard InChI is InChI=1S/C29H40N2O4/c1-7-30(8-2)26(32)22-11-15-24(16-12-22)29(34,23-13-9-21(3)10-14-23)25-17-19-31(20-18-25)27(33)35-28(4,5)6/h9-16,25,34H,7-8,17-20H2,1-6H3. The summed E-state index contributed by atoms with van der Waals surface area (Å²) in [6.07, 6.45) is 0.974. The van der Waals surface area contributed by atoms with Crippen molar-refractivity contribution >= 4 is 12.0 Å². The molecule has 0 aromatic heterocycles. The summed E-state index contributed by atoms with van der Waals surface area (Å²) in [5.41, 5.74) is 1.54. The largest absolute Gasteiger partial charge is 0.444 e. The summed E-state index contributed by atoms with van der Waals surface area (Å²) in [6, 6.07) is 15.3. The zero-order valence-corrected chi connectivity index (χ0v) is 22.0. The highest BCUT2D eigenvalue weighted by atomic mass is 16.6. The Labute approximate surface area is 209 Å². The van der Waals surface area contributed by atoms with E-state index in [2.05, 4.69) is 0 Å². The molecule has 0 radical (unpaired) electrons. The Morgan fingerprint density at radius 2 is 1.43 bits per heavy atom. The van der Waals surface area contributed by atoms with Gasteiger partial charge in [-0.3, -0.25) is 4.79 Å². The molecule has 1 fully saturated rings. The number of amides is 2. The van der Waals surface area contributed by atoms with E-state index in [0.29, 0.717) is 44.6 Å². The second kappa shape index (κ2) is 10.8. The van der Waals surface area contributed by atoms with Gasteiger partial charge in [-0.2, -0.15) is 0 Å². The molecule has 0 bridgehead atoms. The average molecular weight is 481 g/mol. The van der Waals surface area contributed by atoms with E-state index in [1.54, 1.807) is 9.80 Å². The van der Waals surface area contributed by atoms with Crippen molar-refractivity contribution < 1.29 is 19.4 Å². The minimum Gasteiger partial charge on any atom is -0.444 e. The van der Waals surface area contributed by atoms with Crippen LogP contribution in [0.4, 0.5) is 4.79 Å². The lowest BCUT2D eigenvalue weighted by molar-refractivity contribution is -0.0238. The van der Waals surface area contributed by atoms with Crippen LogP contribution in [0.15, 0.2) is 48.5 Å². The van der Waals surface area contributed by atoms with Gasteiger partial charge in [0.2, 0.25) is 0 Å². The second-order valence-electron chi connectivity index (χ2n) is 10.4. The normalized spacial score (nSPS) is 16.5. The summed E-state index contributed by atoms with van der Waals surface area (Å²) in [6.45, 7) is 13.9. The van der Waals surface area contributed by atoms with Crippen molar-refractivity contribution in [1.82, 2.24) is 9.80 Å². The molecule has 1 unspecified atom stereocenters. The number of aryl methyl sites for hydroxylation is 1. The maximum atomic E-state index is 12.8. The first-order chi connectivity index (χ1) is 16.5. The molecule has 35 heavy (non-hydrogen) atoms. The smallest absolute Gasteiger partial charge is 0.410 e. The topological polar surface area (TPSA) is 70.1 Å². The molecule has 190 valence electrons. The van der Waals surface area contributed by atoms with E-state index in [0.717, 1.165) is 16.7 Å². The van der Waals surface area contributed by atoms with Crippen LogP contribution in [0.1, 0.15) is 74.5 Å². The Balaban J connectivity index is 1.89. The molecule has 1 aliphatic heterocycles. The average Bonchev–Trinajstić information content (AvgIpc) is 2.84. The molecule has 0 spiro atoms. The molecule has 1 N–H and O–H groups in total. The van der Waals surface area contributed by atoms with Gasteiger partial charge in [-0.05, 0) is 83.6 Å². The molecule has 2 aromatic carbocycles. The number of likely N-dealkylation sites (tertiary alicyclic amines) is 1. The Bertz CT molecular complexity index is 998. The number of nitrogens with zero attached hydrogens (tertiary/aromatic N) is 2. The van der Waals surface area contributed by atoms with Crippen molar-refractivity contribution in [1.29, 1.82) is 0 Å². The van der Waals surface area contributed by atoms with Crippen molar-refractivity contribution in [2.75, 3.05) is 26.2 Å². The van der Waals surface area contributed by atoms with E-state index < -0.39 is 11.2 Å². The number of hydrogen-bond donors (Lipinski definition) is 1. The number of aliphatic hydroxyl groups is 1. The quantitative estimate of drug-likeness (QED) is 0.604. The van der Waals surface area contributed by atoms with Gasteiger partial charge in [0.05, 0.1) is 0 Å². The summed E-state index contributed by atoms with van der Waals surface area (Å²) in [7, 11) is 0. The minimum absolute atomic E-state index is 0.00825. The Hall–Kier alpha value is -2.86. The molecular formula is C29H40N2O4. The molecule has 6 heteroatoms. The van der Waals surface area contributed by atoms with E-state index in [1.807, 2.05) is 90.1 Å². The minimum atomic E-state index is -1.23. The number of hydrogen-bond acceptors (Lipinski definition) is 4. The predicted octanol–water partition coefficient (Wildman–Crippen LogP) is 5.36. The summed E-state index contributed by atoms with van der Waals surface area (Å²) in [4.78, 5) is 28.9. The third-order valence-corrected chi connectivity index (χ3v) is 6.85. The van der Waals surface area contributed by atoms with Crippen LogP contribution in [0.3, 0.4) is 0 Å². The molecule has 0 aliphatic carbocycles. The van der Waals surface area contributed by atoms with Crippen LogP contribution >= 0.6 is 0 Å². The van der Waals surface area contributed by atoms with Gasteiger partial charge >= 0.3 is 6.09 Å². The lowest BCUT2D eigenvalue weighted by atomic mass is 9.72. The first-order valence-electron chi connectivity index (χ1n) is 12.7. The first kappa shape index (κ1) is 26.7. The molecule has 1 heterocycles. The highest BCUT2D eigenvalue weighted by molar-refractivity contribution is 5.94. The van der Waals surface area contributed by atoms with Crippen LogP contribution in [-0.4, -0.2) is 58.7 Å². The molecule has 3 rings (SSSR count). The molecule has 2 aromatic rings. The van der Waals surface area contributed by atoms with Crippen LogP contribution in [0.5, 0.6) is 0 Å². The predicted molar refractivity (Wildman–Crippen MR) is 138 cm³/mol. The number of carbonyl (C=O) groups excluding carboxylic acids is 2. The molecule has 1 saturated heterocycles. The van der Waals surface area contributed by atoms with Gasteiger partial charge in [0, 0.05) is 31.7 Å². The highest BCUT2D eigenvalue weighted by Crippen LogP contribution is 2.42. The van der Waals surface area contributed by atoms with Gasteiger partial charge in [0.15, 0.2) is 0 Å². The number of benzene rings is 2. The fourth-order valence-electron chi connectivity index (χ4n) is 4.81. The van der Waals surface area contributed by atoms with Crippen LogP contribution in [0.2, 0.25) is 0 Å². The third-order valence-electron chi connectivity index (χ3n) is 6.85. The van der Waals surface area contributed by atoms with Gasteiger partial charge in [0.1, 0.15) is 11.2 Å². The molecule has 1 atom stereocenters. The molecule has 1 aliphatic rings. The monoisotopic (exact) mass is 480 g/mol. The van der Waals surface area contributed by atoms with Crippen molar-refractivity contribution in [3.63, 3.8) is 0 Å². The van der Waals surface area contributed by atoms with E-state index in [-0.39, 0.29) is 17.9 Å². The van der Waals surface area contributed by atoms with Crippen molar-refractivity contribution in [2.45, 2.75) is 65.6 Å². The summed E-state index contributed by atoms with van der Waals surface area (Å²) in [5, 5.41) is 12.3. The fourth-order valence-corrected chi connectivity index (χ4v) is 4.81. The zero-order chi connectivity index (χ0) is 25.8. The van der Waals surface area contributed by atoms with E-state index in [9.17, 15) is 14.7 Å². The van der Waals surface area contributed by atoms with Gasteiger partial charge in [-0.1, -0.05) is 42.0 Å². The van der Waals surface area contributed by atoms with Gasteiger partial charge in [-0.25, -0.2) is 4.79 Å². The Morgan fingerprint density at radius 1 is 0.943 bits per heavy atom. The van der Waals surface area contributed by atoms with Gasteiger partial charge < -0.3 is 19.6 Å². The number of rotatable bonds is 6. The summed E-state index contributed by atoms with van der Waals surface area (Å²) in [5.74, 6) is -0.0979. The third kappa shape index (κ3) is 6.04. The van der Waals surface area contributed by atoms with Crippen molar-refractivity contribution in [2.24, 2.45) is 5.92 Å². The Kier molecular flexibility index (Phi) is 8.26. The molecule has 0 saturated carbocycles. The summed E-state index contributed by atoms with van der Waals surface area (Å²) < 4.78 is 5.54.